The maximum atomic E-state index is 11.5. The first kappa shape index (κ1) is 16.5. The Morgan fingerprint density at radius 2 is 2.20 bits per heavy atom. The van der Waals surface area contributed by atoms with E-state index in [9.17, 15) is 9.90 Å². The van der Waals surface area contributed by atoms with Gasteiger partial charge in [0, 0.05) is 13.0 Å². The number of hydrogen-bond donors (Lipinski definition) is 3. The van der Waals surface area contributed by atoms with Gasteiger partial charge in [0.1, 0.15) is 11.4 Å². The molecule has 0 aromatic heterocycles. The summed E-state index contributed by atoms with van der Waals surface area (Å²) in [6.45, 7) is 3.58. The van der Waals surface area contributed by atoms with Crippen molar-refractivity contribution in [3.8, 4) is 5.75 Å². The fraction of sp³-hybridized carbons (Fsp3) is 0.533. The van der Waals surface area contributed by atoms with Gasteiger partial charge in [0.15, 0.2) is 0 Å². The quantitative estimate of drug-likeness (QED) is 0.621. The van der Waals surface area contributed by atoms with Crippen molar-refractivity contribution in [1.82, 2.24) is 5.32 Å². The molecule has 0 saturated carbocycles. The number of amides is 1. The molecule has 5 nitrogen and oxygen atoms in total. The summed E-state index contributed by atoms with van der Waals surface area (Å²) < 4.78 is 5.53. The number of aliphatic hydroxyl groups excluding tert-OH is 1. The molecule has 1 aromatic carbocycles. The fourth-order valence-electron chi connectivity index (χ4n) is 1.56. The largest absolute Gasteiger partial charge is 0.494 e. The zero-order valence-electron chi connectivity index (χ0n) is 12.1. The number of benzene rings is 1. The summed E-state index contributed by atoms with van der Waals surface area (Å²) >= 11 is 0. The highest BCUT2D eigenvalue weighted by molar-refractivity contribution is 5.75. The summed E-state index contributed by atoms with van der Waals surface area (Å²) in [4.78, 5) is 11.5. The van der Waals surface area contributed by atoms with Gasteiger partial charge < -0.3 is 20.3 Å². The molecule has 0 saturated heterocycles. The van der Waals surface area contributed by atoms with Gasteiger partial charge in [-0.3, -0.25) is 4.79 Å². The number of rotatable bonds is 8. The van der Waals surface area contributed by atoms with Crippen LogP contribution in [0.2, 0.25) is 0 Å². The highest BCUT2D eigenvalue weighted by atomic mass is 16.5. The summed E-state index contributed by atoms with van der Waals surface area (Å²) in [5.41, 5.74) is -0.139. The van der Waals surface area contributed by atoms with Crippen LogP contribution in [0.25, 0.3) is 0 Å². The van der Waals surface area contributed by atoms with Gasteiger partial charge >= 0.3 is 0 Å². The van der Waals surface area contributed by atoms with E-state index in [0.717, 1.165) is 11.3 Å². The molecule has 0 fully saturated rings. The number of carbonyl (C=O) groups is 1. The lowest BCUT2D eigenvalue weighted by Gasteiger charge is -2.20. The Hall–Kier alpha value is -1.59. The number of aliphatic hydroxyl groups is 2. The van der Waals surface area contributed by atoms with Gasteiger partial charge in [-0.2, -0.15) is 0 Å². The Kier molecular flexibility index (Phi) is 6.48. The number of ether oxygens (including phenoxy) is 1. The molecule has 1 amide bonds. The Labute approximate surface area is 119 Å². The topological polar surface area (TPSA) is 78.8 Å². The minimum Gasteiger partial charge on any atom is -0.494 e. The van der Waals surface area contributed by atoms with Gasteiger partial charge in [-0.1, -0.05) is 12.1 Å². The summed E-state index contributed by atoms with van der Waals surface area (Å²) in [6.07, 6.45) is 0.925. The first-order chi connectivity index (χ1) is 9.43. The molecule has 1 rings (SSSR count). The van der Waals surface area contributed by atoms with Gasteiger partial charge in [-0.05, 0) is 38.0 Å². The third-order valence-corrected chi connectivity index (χ3v) is 2.81. The van der Waals surface area contributed by atoms with Gasteiger partial charge in [0.2, 0.25) is 5.91 Å². The van der Waals surface area contributed by atoms with Gasteiger partial charge in [0.05, 0.1) is 13.2 Å². The van der Waals surface area contributed by atoms with Crippen LogP contribution in [0.15, 0.2) is 24.3 Å². The molecular weight excluding hydrogens is 258 g/mol. The second-order valence-electron chi connectivity index (χ2n) is 5.20. The maximum absolute atomic E-state index is 11.5. The van der Waals surface area contributed by atoms with Gasteiger partial charge in [-0.25, -0.2) is 0 Å². The van der Waals surface area contributed by atoms with Crippen LogP contribution in [-0.2, 0) is 4.79 Å². The third kappa shape index (κ3) is 6.54. The van der Waals surface area contributed by atoms with Crippen LogP contribution < -0.4 is 10.1 Å². The average Bonchev–Trinajstić information content (AvgIpc) is 2.42. The highest BCUT2D eigenvalue weighted by Crippen LogP contribution is 2.12. The number of nitrogens with one attached hydrogen (secondary N) is 1. The molecule has 0 spiro atoms. The zero-order valence-corrected chi connectivity index (χ0v) is 12.1. The molecule has 0 aliphatic carbocycles. The van der Waals surface area contributed by atoms with Crippen molar-refractivity contribution in [3.05, 3.63) is 29.8 Å². The van der Waals surface area contributed by atoms with E-state index in [2.05, 4.69) is 5.32 Å². The van der Waals surface area contributed by atoms with Crippen molar-refractivity contribution < 1.29 is 19.7 Å². The Balaban J connectivity index is 2.16. The molecule has 0 heterocycles. The van der Waals surface area contributed by atoms with Crippen molar-refractivity contribution >= 4 is 5.91 Å². The molecule has 5 heteroatoms. The van der Waals surface area contributed by atoms with E-state index in [1.807, 2.05) is 31.2 Å². The molecule has 20 heavy (non-hydrogen) atoms. The van der Waals surface area contributed by atoms with Crippen LogP contribution >= 0.6 is 0 Å². The van der Waals surface area contributed by atoms with E-state index in [4.69, 9.17) is 9.84 Å². The summed E-state index contributed by atoms with van der Waals surface area (Å²) in [5, 5.41) is 21.0. The van der Waals surface area contributed by atoms with Gasteiger partial charge in [-0.15, -0.1) is 0 Å². The predicted octanol–water partition coefficient (Wildman–Crippen LogP) is 1.01. The average molecular weight is 281 g/mol. The van der Waals surface area contributed by atoms with E-state index in [1.165, 1.54) is 6.92 Å². The molecule has 3 N–H and O–H groups in total. The van der Waals surface area contributed by atoms with Crippen molar-refractivity contribution in [2.75, 3.05) is 19.8 Å². The molecule has 1 aromatic rings. The molecule has 0 bridgehead atoms. The molecular formula is C15H23NO4. The number of aryl methyl sites for hydroxylation is 1. The molecule has 1 unspecified atom stereocenters. The van der Waals surface area contributed by atoms with Crippen LogP contribution in [0.4, 0.5) is 0 Å². The van der Waals surface area contributed by atoms with Crippen molar-refractivity contribution in [3.63, 3.8) is 0 Å². The lowest BCUT2D eigenvalue weighted by Crippen LogP contribution is -2.43. The lowest BCUT2D eigenvalue weighted by atomic mass is 10.1. The Bertz CT molecular complexity index is 432. The fourth-order valence-corrected chi connectivity index (χ4v) is 1.56. The minimum atomic E-state index is -1.27. The van der Waals surface area contributed by atoms with Crippen LogP contribution in [0.3, 0.4) is 0 Å². The van der Waals surface area contributed by atoms with Gasteiger partial charge in [0.25, 0.3) is 0 Å². The second kappa shape index (κ2) is 7.87. The Morgan fingerprint density at radius 1 is 1.45 bits per heavy atom. The summed E-state index contributed by atoms with van der Waals surface area (Å²) in [6, 6.07) is 7.74. The SMILES string of the molecule is Cc1cccc(OCCCC(=O)NCC(C)(O)CO)c1. The van der Waals surface area contributed by atoms with Crippen molar-refractivity contribution in [2.45, 2.75) is 32.3 Å². The predicted molar refractivity (Wildman–Crippen MR) is 76.6 cm³/mol. The van der Waals surface area contributed by atoms with Crippen molar-refractivity contribution in [1.29, 1.82) is 0 Å². The third-order valence-electron chi connectivity index (χ3n) is 2.81. The monoisotopic (exact) mass is 281 g/mol. The van der Waals surface area contributed by atoms with E-state index >= 15 is 0 Å². The molecule has 0 aliphatic heterocycles. The molecule has 1 atom stereocenters. The molecule has 0 aliphatic rings. The number of hydrogen-bond acceptors (Lipinski definition) is 4. The Morgan fingerprint density at radius 3 is 2.85 bits per heavy atom. The van der Waals surface area contributed by atoms with Crippen LogP contribution in [0, 0.1) is 6.92 Å². The number of carbonyl (C=O) groups excluding carboxylic acids is 1. The zero-order chi connectivity index (χ0) is 15.0. The second-order valence-corrected chi connectivity index (χ2v) is 5.20. The van der Waals surface area contributed by atoms with Crippen LogP contribution in [0.5, 0.6) is 5.75 Å². The first-order valence-corrected chi connectivity index (χ1v) is 6.72. The van der Waals surface area contributed by atoms with Crippen molar-refractivity contribution in [2.24, 2.45) is 0 Å². The van der Waals surface area contributed by atoms with E-state index < -0.39 is 5.60 Å². The minimum absolute atomic E-state index is 0.0427. The standard InChI is InChI=1S/C15H23NO4/c1-12-5-3-6-13(9-12)20-8-4-7-14(18)16-10-15(2,19)11-17/h3,5-6,9,17,19H,4,7-8,10-11H2,1-2H3,(H,16,18). The summed E-state index contributed by atoms with van der Waals surface area (Å²) in [5.74, 6) is 0.639. The molecule has 0 radical (unpaired) electrons. The van der Waals surface area contributed by atoms with E-state index in [1.54, 1.807) is 0 Å². The highest BCUT2D eigenvalue weighted by Gasteiger charge is 2.19. The van der Waals surface area contributed by atoms with Crippen LogP contribution in [0.1, 0.15) is 25.3 Å². The summed E-state index contributed by atoms with van der Waals surface area (Å²) in [7, 11) is 0. The van der Waals surface area contributed by atoms with Crippen LogP contribution in [-0.4, -0.2) is 41.5 Å². The normalized spacial score (nSPS) is 13.6. The molecule has 112 valence electrons. The smallest absolute Gasteiger partial charge is 0.220 e. The first-order valence-electron chi connectivity index (χ1n) is 6.72. The van der Waals surface area contributed by atoms with E-state index in [-0.39, 0.29) is 19.1 Å². The maximum Gasteiger partial charge on any atom is 0.220 e. The lowest BCUT2D eigenvalue weighted by molar-refractivity contribution is -0.122. The van der Waals surface area contributed by atoms with E-state index in [0.29, 0.717) is 19.4 Å².